The van der Waals surface area contributed by atoms with Gasteiger partial charge in [-0.1, -0.05) is 13.8 Å². The molecule has 0 fully saturated rings. The second-order valence-corrected chi connectivity index (χ2v) is 2.89. The van der Waals surface area contributed by atoms with Crippen molar-refractivity contribution in [2.24, 2.45) is 0 Å². The normalized spacial score (nSPS) is 11.2. The number of carbonyl (C=O) groups is 1. The smallest absolute Gasteiger partial charge is 0.326 e. The molecule has 10 heavy (non-hydrogen) atoms. The van der Waals surface area contributed by atoms with Gasteiger partial charge in [-0.05, 0) is 12.8 Å². The molecule has 0 aromatic heterocycles. The van der Waals surface area contributed by atoms with Gasteiger partial charge in [0.05, 0.1) is 7.11 Å². The Bertz CT molecular complexity index is 119. The SMILES string of the molecule is CCC(Cl)(CC)C(=O)OC. The quantitative estimate of drug-likeness (QED) is 0.471. The second-order valence-electron chi connectivity index (χ2n) is 2.16. The van der Waals surface area contributed by atoms with Crippen LogP contribution >= 0.6 is 11.6 Å². The minimum Gasteiger partial charge on any atom is -0.468 e. The van der Waals surface area contributed by atoms with Gasteiger partial charge < -0.3 is 4.74 Å². The van der Waals surface area contributed by atoms with Crippen LogP contribution in [0.3, 0.4) is 0 Å². The van der Waals surface area contributed by atoms with Crippen molar-refractivity contribution >= 4 is 17.6 Å². The molecule has 2 nitrogen and oxygen atoms in total. The molecule has 0 radical (unpaired) electrons. The van der Waals surface area contributed by atoms with Crippen molar-refractivity contribution in [3.05, 3.63) is 0 Å². The zero-order valence-electron chi connectivity index (χ0n) is 6.61. The van der Waals surface area contributed by atoms with E-state index in [0.29, 0.717) is 12.8 Å². The molecule has 0 saturated carbocycles. The van der Waals surface area contributed by atoms with Crippen molar-refractivity contribution in [1.82, 2.24) is 0 Å². The Morgan fingerprint density at radius 3 is 2.00 bits per heavy atom. The van der Waals surface area contributed by atoms with Crippen LogP contribution in [0.25, 0.3) is 0 Å². The number of hydrogen-bond donors (Lipinski definition) is 0. The Kier molecular flexibility index (Phi) is 3.72. The van der Waals surface area contributed by atoms with E-state index < -0.39 is 4.87 Å². The minimum absolute atomic E-state index is 0.334. The first-order valence-electron chi connectivity index (χ1n) is 3.38. The van der Waals surface area contributed by atoms with Crippen LogP contribution < -0.4 is 0 Å². The largest absolute Gasteiger partial charge is 0.468 e. The van der Waals surface area contributed by atoms with Crippen molar-refractivity contribution in [3.63, 3.8) is 0 Å². The lowest BCUT2D eigenvalue weighted by atomic mass is 10.0. The molecule has 0 aliphatic carbocycles. The standard InChI is InChI=1S/C7H13ClO2/c1-4-7(8,5-2)6(9)10-3/h4-5H2,1-3H3. The number of hydrogen-bond acceptors (Lipinski definition) is 2. The summed E-state index contributed by atoms with van der Waals surface area (Å²) in [4.78, 5) is 10.1. The molecule has 0 rings (SSSR count). The molecule has 0 bridgehead atoms. The van der Waals surface area contributed by atoms with Gasteiger partial charge in [-0.2, -0.15) is 0 Å². The molecular formula is C7H13ClO2. The summed E-state index contributed by atoms with van der Waals surface area (Å²) in [5, 5.41) is 0. The van der Waals surface area contributed by atoms with Gasteiger partial charge in [-0.15, -0.1) is 11.6 Å². The number of rotatable bonds is 3. The lowest BCUT2D eigenvalue weighted by molar-refractivity contribution is -0.144. The average Bonchev–Trinajstić information content (AvgIpc) is 2.01. The Labute approximate surface area is 66.5 Å². The van der Waals surface area contributed by atoms with Crippen LogP contribution in [0.4, 0.5) is 0 Å². The number of halogens is 1. The Morgan fingerprint density at radius 1 is 1.50 bits per heavy atom. The molecule has 0 heterocycles. The van der Waals surface area contributed by atoms with Crippen molar-refractivity contribution in [2.75, 3.05) is 7.11 Å². The summed E-state index contributed by atoms with van der Waals surface area (Å²) in [6, 6.07) is 0. The van der Waals surface area contributed by atoms with Crippen molar-refractivity contribution in [3.8, 4) is 0 Å². The molecule has 0 unspecified atom stereocenters. The fourth-order valence-electron chi connectivity index (χ4n) is 0.722. The topological polar surface area (TPSA) is 26.3 Å². The van der Waals surface area contributed by atoms with E-state index in [1.165, 1.54) is 7.11 Å². The maximum Gasteiger partial charge on any atom is 0.326 e. The van der Waals surface area contributed by atoms with Crippen LogP contribution in [-0.2, 0) is 9.53 Å². The Hall–Kier alpha value is -0.240. The molecule has 0 N–H and O–H groups in total. The van der Waals surface area contributed by atoms with Crippen molar-refractivity contribution in [2.45, 2.75) is 31.6 Å². The van der Waals surface area contributed by atoms with Crippen LogP contribution in [0.1, 0.15) is 26.7 Å². The molecule has 60 valence electrons. The first kappa shape index (κ1) is 9.76. The highest BCUT2D eigenvalue weighted by molar-refractivity contribution is 6.33. The summed E-state index contributed by atoms with van der Waals surface area (Å²) >= 11 is 5.88. The van der Waals surface area contributed by atoms with Gasteiger partial charge in [0.25, 0.3) is 0 Å². The second kappa shape index (κ2) is 3.81. The molecule has 0 aliphatic rings. The van der Waals surface area contributed by atoms with Gasteiger partial charge in [0, 0.05) is 0 Å². The van der Waals surface area contributed by atoms with Crippen LogP contribution in [0.5, 0.6) is 0 Å². The monoisotopic (exact) mass is 164 g/mol. The highest BCUT2D eigenvalue weighted by Gasteiger charge is 2.32. The molecule has 3 heteroatoms. The van der Waals surface area contributed by atoms with Crippen LogP contribution in [0.2, 0.25) is 0 Å². The summed E-state index contributed by atoms with van der Waals surface area (Å²) in [5.41, 5.74) is 0. The number of methoxy groups -OCH3 is 1. The third-order valence-corrected chi connectivity index (χ3v) is 2.36. The molecule has 0 amide bonds. The average molecular weight is 165 g/mol. The van der Waals surface area contributed by atoms with Gasteiger partial charge in [-0.25, -0.2) is 0 Å². The molecule has 0 aromatic carbocycles. The first-order chi connectivity index (χ1) is 4.60. The van der Waals surface area contributed by atoms with Gasteiger partial charge >= 0.3 is 5.97 Å². The molecule has 0 aliphatic heterocycles. The van der Waals surface area contributed by atoms with E-state index in [-0.39, 0.29) is 5.97 Å². The summed E-state index contributed by atoms with van der Waals surface area (Å²) in [7, 11) is 1.35. The van der Waals surface area contributed by atoms with Gasteiger partial charge in [0.2, 0.25) is 0 Å². The highest BCUT2D eigenvalue weighted by atomic mass is 35.5. The lowest BCUT2D eigenvalue weighted by Crippen LogP contribution is -2.31. The summed E-state index contributed by atoms with van der Waals surface area (Å²) in [5.74, 6) is -0.334. The van der Waals surface area contributed by atoms with E-state index in [0.717, 1.165) is 0 Å². The molecule has 0 aromatic rings. The summed E-state index contributed by atoms with van der Waals surface area (Å²) < 4.78 is 4.53. The minimum atomic E-state index is -0.797. The zero-order chi connectivity index (χ0) is 8.20. The molecule has 0 saturated heterocycles. The maximum atomic E-state index is 10.9. The first-order valence-corrected chi connectivity index (χ1v) is 3.75. The predicted molar refractivity (Wildman–Crippen MR) is 41.2 cm³/mol. The van der Waals surface area contributed by atoms with Crippen LogP contribution in [-0.4, -0.2) is 18.0 Å². The fourth-order valence-corrected chi connectivity index (χ4v) is 0.799. The van der Waals surface area contributed by atoms with E-state index in [1.807, 2.05) is 13.8 Å². The van der Waals surface area contributed by atoms with Gasteiger partial charge in [0.1, 0.15) is 4.87 Å². The molecule has 0 atom stereocenters. The highest BCUT2D eigenvalue weighted by Crippen LogP contribution is 2.24. The number of alkyl halides is 1. The summed E-state index contributed by atoms with van der Waals surface area (Å²) in [6.07, 6.45) is 1.22. The third kappa shape index (κ3) is 1.87. The van der Waals surface area contributed by atoms with E-state index in [1.54, 1.807) is 0 Å². The Balaban J connectivity index is 4.17. The van der Waals surface area contributed by atoms with E-state index in [4.69, 9.17) is 11.6 Å². The predicted octanol–water partition coefficient (Wildman–Crippen LogP) is 1.96. The van der Waals surface area contributed by atoms with Crippen LogP contribution in [0.15, 0.2) is 0 Å². The van der Waals surface area contributed by atoms with E-state index in [9.17, 15) is 4.79 Å². The number of esters is 1. The maximum absolute atomic E-state index is 10.9. The Morgan fingerprint density at radius 2 is 1.90 bits per heavy atom. The van der Waals surface area contributed by atoms with E-state index in [2.05, 4.69) is 4.74 Å². The van der Waals surface area contributed by atoms with Gasteiger partial charge in [0.15, 0.2) is 0 Å². The number of ether oxygens (including phenoxy) is 1. The fraction of sp³-hybridized carbons (Fsp3) is 0.857. The summed E-state index contributed by atoms with van der Waals surface area (Å²) in [6.45, 7) is 3.74. The van der Waals surface area contributed by atoms with Crippen molar-refractivity contribution < 1.29 is 9.53 Å². The van der Waals surface area contributed by atoms with Gasteiger partial charge in [-0.3, -0.25) is 4.79 Å². The third-order valence-electron chi connectivity index (χ3n) is 1.67. The van der Waals surface area contributed by atoms with Crippen molar-refractivity contribution in [1.29, 1.82) is 0 Å². The van der Waals surface area contributed by atoms with Crippen LogP contribution in [0, 0.1) is 0 Å². The molecular weight excluding hydrogens is 152 g/mol. The zero-order valence-corrected chi connectivity index (χ0v) is 7.36. The van der Waals surface area contributed by atoms with E-state index >= 15 is 0 Å². The molecule has 0 spiro atoms. The number of carbonyl (C=O) groups excluding carboxylic acids is 1. The lowest BCUT2D eigenvalue weighted by Gasteiger charge is -2.19.